The zero-order valence-electron chi connectivity index (χ0n) is 22.9. The number of carboxylic acids is 1. The van der Waals surface area contributed by atoms with Crippen LogP contribution in [0.2, 0.25) is 0 Å². The maximum absolute atomic E-state index is 13.5. The monoisotopic (exact) mass is 617 g/mol. The van der Waals surface area contributed by atoms with Gasteiger partial charge in [-0.15, -0.1) is 0 Å². The molecule has 1 aliphatic heterocycles. The largest absolute Gasteiger partial charge is 0.489 e. The van der Waals surface area contributed by atoms with E-state index in [1.54, 1.807) is 17.0 Å². The van der Waals surface area contributed by atoms with Gasteiger partial charge < -0.3 is 9.84 Å². The first kappa shape index (κ1) is 30.5. The first-order chi connectivity index (χ1) is 20.5. The molecule has 0 amide bonds. The van der Waals surface area contributed by atoms with Crippen LogP contribution in [0.25, 0.3) is 5.52 Å². The van der Waals surface area contributed by atoms with E-state index >= 15 is 0 Å². The van der Waals surface area contributed by atoms with Crippen LogP contribution in [-0.4, -0.2) is 77.7 Å². The van der Waals surface area contributed by atoms with Gasteiger partial charge >= 0.3 is 12.1 Å². The number of aliphatic carboxylic acids is 1. The summed E-state index contributed by atoms with van der Waals surface area (Å²) in [7, 11) is -4.08. The normalized spacial score (nSPS) is 15.9. The highest BCUT2D eigenvalue weighted by Gasteiger charge is 2.38. The number of ether oxygens (including phenoxy) is 1. The van der Waals surface area contributed by atoms with Crippen molar-refractivity contribution in [1.29, 1.82) is 0 Å². The molecule has 1 fully saturated rings. The smallest absolute Gasteiger partial charge is 0.435 e. The number of aromatic nitrogens is 2. The van der Waals surface area contributed by atoms with Crippen molar-refractivity contribution in [1.82, 2.24) is 24.1 Å². The Hall–Kier alpha value is -3.98. The fourth-order valence-electron chi connectivity index (χ4n) is 5.01. The van der Waals surface area contributed by atoms with E-state index in [1.165, 1.54) is 36.5 Å². The van der Waals surface area contributed by atoms with Crippen molar-refractivity contribution in [3.63, 3.8) is 0 Å². The number of fused-ring (bicyclic) bond motifs is 1. The maximum atomic E-state index is 13.5. The molecule has 1 unspecified atom stereocenters. The number of nitrogens with one attached hydrogen (secondary N) is 1. The van der Waals surface area contributed by atoms with Crippen molar-refractivity contribution in [3.05, 3.63) is 95.8 Å². The molecule has 0 saturated carbocycles. The number of halogens is 3. The molecule has 2 aromatic carbocycles. The quantitative estimate of drug-likeness (QED) is 0.263. The third-order valence-corrected chi connectivity index (χ3v) is 8.72. The number of carboxylic acid groups (broad SMARTS) is 1. The number of pyridine rings is 1. The average molecular weight is 618 g/mol. The van der Waals surface area contributed by atoms with E-state index in [9.17, 15) is 31.5 Å². The lowest BCUT2D eigenvalue weighted by Crippen LogP contribution is -2.55. The van der Waals surface area contributed by atoms with E-state index in [4.69, 9.17) is 4.74 Å². The molecular weight excluding hydrogens is 587 g/mol. The minimum Gasteiger partial charge on any atom is -0.489 e. The molecular formula is C29H30F3N5O5S. The maximum Gasteiger partial charge on any atom is 0.435 e. The predicted octanol–water partition coefficient (Wildman–Crippen LogP) is 3.48. The summed E-state index contributed by atoms with van der Waals surface area (Å²) >= 11 is 0. The van der Waals surface area contributed by atoms with Gasteiger partial charge in [0, 0.05) is 51.0 Å². The van der Waals surface area contributed by atoms with Gasteiger partial charge in [-0.2, -0.15) is 18.3 Å². The number of benzene rings is 2. The summed E-state index contributed by atoms with van der Waals surface area (Å²) < 4.78 is 75.6. The first-order valence-corrected chi connectivity index (χ1v) is 15.0. The van der Waals surface area contributed by atoms with E-state index in [2.05, 4.69) is 14.7 Å². The zero-order chi connectivity index (χ0) is 30.6. The molecule has 2 aromatic heterocycles. The van der Waals surface area contributed by atoms with E-state index in [0.717, 1.165) is 16.6 Å². The summed E-state index contributed by atoms with van der Waals surface area (Å²) in [5, 5.41) is 13.4. The number of sulfonamides is 1. The summed E-state index contributed by atoms with van der Waals surface area (Å²) in [5.74, 6) is -0.979. The molecule has 1 saturated heterocycles. The summed E-state index contributed by atoms with van der Waals surface area (Å²) in [5.41, 5.74) is 0.194. The van der Waals surface area contributed by atoms with Crippen molar-refractivity contribution >= 4 is 21.5 Å². The van der Waals surface area contributed by atoms with E-state index in [-0.39, 0.29) is 28.3 Å². The van der Waals surface area contributed by atoms with Gasteiger partial charge in [0.25, 0.3) is 0 Å². The second kappa shape index (κ2) is 12.7. The Morgan fingerprint density at radius 2 is 1.65 bits per heavy atom. The number of piperazine rings is 1. The fourth-order valence-corrected chi connectivity index (χ4v) is 6.05. The molecule has 1 atom stereocenters. The van der Waals surface area contributed by atoms with Crippen LogP contribution in [-0.2, 0) is 34.1 Å². The molecule has 5 rings (SSSR count). The van der Waals surface area contributed by atoms with Crippen LogP contribution < -0.4 is 9.46 Å². The second-order valence-electron chi connectivity index (χ2n) is 10.1. The SMILES string of the molecule is O=C(O)C(CNS(=O)(=O)c1ccc(OCc2c(C(F)(F)F)nn3ccccc23)cc1)N1CCN(Cc2ccccc2)CC1. The third kappa shape index (κ3) is 7.33. The van der Waals surface area contributed by atoms with Crippen LogP contribution in [0.1, 0.15) is 16.8 Å². The molecule has 0 aliphatic carbocycles. The number of alkyl halides is 3. The summed E-state index contributed by atoms with van der Waals surface area (Å²) in [6, 6.07) is 18.7. The highest BCUT2D eigenvalue weighted by molar-refractivity contribution is 7.89. The second-order valence-corrected chi connectivity index (χ2v) is 11.9. The van der Waals surface area contributed by atoms with Crippen LogP contribution in [0, 0.1) is 0 Å². The van der Waals surface area contributed by atoms with Crippen LogP contribution >= 0.6 is 0 Å². The predicted molar refractivity (Wildman–Crippen MR) is 151 cm³/mol. The van der Waals surface area contributed by atoms with E-state index in [1.807, 2.05) is 30.3 Å². The van der Waals surface area contributed by atoms with Crippen LogP contribution in [0.4, 0.5) is 13.2 Å². The Kier molecular flexibility index (Phi) is 9.01. The van der Waals surface area contributed by atoms with Crippen molar-refractivity contribution in [2.75, 3.05) is 32.7 Å². The van der Waals surface area contributed by atoms with Crippen LogP contribution in [0.5, 0.6) is 5.75 Å². The zero-order valence-corrected chi connectivity index (χ0v) is 23.8. The molecule has 2 N–H and O–H groups in total. The van der Waals surface area contributed by atoms with Gasteiger partial charge in [0.05, 0.1) is 10.4 Å². The summed E-state index contributed by atoms with van der Waals surface area (Å²) in [6.45, 7) is 2.22. The third-order valence-electron chi connectivity index (χ3n) is 7.28. The van der Waals surface area contributed by atoms with Crippen molar-refractivity contribution < 1.29 is 36.2 Å². The summed E-state index contributed by atoms with van der Waals surface area (Å²) in [4.78, 5) is 15.9. The first-order valence-electron chi connectivity index (χ1n) is 13.5. The Balaban J connectivity index is 1.18. The Morgan fingerprint density at radius 1 is 0.977 bits per heavy atom. The Bertz CT molecular complexity index is 1660. The van der Waals surface area contributed by atoms with E-state index in [0.29, 0.717) is 26.2 Å². The highest BCUT2D eigenvalue weighted by atomic mass is 32.2. The number of nitrogens with zero attached hydrogens (tertiary/aromatic N) is 4. The Labute approximate surface area is 246 Å². The minimum absolute atomic E-state index is 0.136. The highest BCUT2D eigenvalue weighted by Crippen LogP contribution is 2.33. The number of hydrogen-bond acceptors (Lipinski definition) is 7. The van der Waals surface area contributed by atoms with Gasteiger partial charge in [-0.25, -0.2) is 17.7 Å². The number of hydrogen-bond donors (Lipinski definition) is 2. The fraction of sp³-hybridized carbons (Fsp3) is 0.310. The van der Waals surface area contributed by atoms with Gasteiger partial charge in [0.2, 0.25) is 10.0 Å². The molecule has 4 aromatic rings. The lowest BCUT2D eigenvalue weighted by Gasteiger charge is -2.37. The molecule has 0 radical (unpaired) electrons. The van der Waals surface area contributed by atoms with Gasteiger partial charge in [0.15, 0.2) is 5.69 Å². The average Bonchev–Trinajstić information content (AvgIpc) is 3.37. The standard InChI is InChI=1S/C29H30F3N5O5S/c30-29(31,32)27-24(25-8-4-5-13-37(25)34-27)20-42-22-9-11-23(12-10-22)43(40,41)33-18-26(28(38)39)36-16-14-35(15-17-36)19-21-6-2-1-3-7-21/h1-13,26,33H,14-20H2,(H,38,39). The van der Waals surface area contributed by atoms with E-state index < -0.39 is 40.5 Å². The number of carbonyl (C=O) groups is 1. The topological polar surface area (TPSA) is 116 Å². The molecule has 228 valence electrons. The molecule has 0 spiro atoms. The molecule has 3 heterocycles. The number of rotatable bonds is 11. The lowest BCUT2D eigenvalue weighted by molar-refractivity contribution is -0.144. The van der Waals surface area contributed by atoms with Crippen molar-refractivity contribution in [2.24, 2.45) is 0 Å². The van der Waals surface area contributed by atoms with Gasteiger partial charge in [-0.05, 0) is 42.0 Å². The Morgan fingerprint density at radius 3 is 2.30 bits per heavy atom. The molecule has 43 heavy (non-hydrogen) atoms. The van der Waals surface area contributed by atoms with Gasteiger partial charge in [-0.1, -0.05) is 36.4 Å². The van der Waals surface area contributed by atoms with Crippen LogP contribution in [0.3, 0.4) is 0 Å². The molecule has 14 heteroatoms. The minimum atomic E-state index is -4.68. The lowest BCUT2D eigenvalue weighted by atomic mass is 10.1. The van der Waals surface area contributed by atoms with Gasteiger partial charge in [-0.3, -0.25) is 14.6 Å². The van der Waals surface area contributed by atoms with Gasteiger partial charge in [0.1, 0.15) is 18.4 Å². The molecule has 1 aliphatic rings. The van der Waals surface area contributed by atoms with Crippen molar-refractivity contribution in [2.45, 2.75) is 30.3 Å². The molecule has 0 bridgehead atoms. The summed E-state index contributed by atoms with van der Waals surface area (Å²) in [6.07, 6.45) is -3.28. The van der Waals surface area contributed by atoms with Crippen molar-refractivity contribution in [3.8, 4) is 5.75 Å². The molecule has 10 nitrogen and oxygen atoms in total. The van der Waals surface area contributed by atoms with Crippen LogP contribution in [0.15, 0.2) is 83.9 Å².